The van der Waals surface area contributed by atoms with Gasteiger partial charge in [-0.15, -0.1) is 0 Å². The molecule has 6 fully saturated rings. The van der Waals surface area contributed by atoms with E-state index < -0.39 is 230 Å². The summed E-state index contributed by atoms with van der Waals surface area (Å²) >= 11 is 0. The molecule has 0 aliphatic carbocycles. The van der Waals surface area contributed by atoms with Crippen molar-refractivity contribution in [2.75, 3.05) is 46.2 Å². The third kappa shape index (κ3) is 11.4. The summed E-state index contributed by atoms with van der Waals surface area (Å²) in [6.45, 7) is -4.12. The fourth-order valence-corrected chi connectivity index (χ4v) is 8.96. The molecule has 30 unspecified atom stereocenters. The van der Waals surface area contributed by atoms with E-state index in [2.05, 4.69) is 0 Å². The predicted octanol–water partition coefficient (Wildman–Crippen LogP) is -12.8. The Hall–Kier alpha value is -1.20. The second kappa shape index (κ2) is 24.2. The summed E-state index contributed by atoms with van der Waals surface area (Å²) in [5, 5.41) is 200. The Balaban J connectivity index is 1.05. The molecule has 0 amide bonds. The molecule has 6 aliphatic rings. The van der Waals surface area contributed by atoms with Gasteiger partial charge in [0.1, 0.15) is 134 Å². The summed E-state index contributed by atoms with van der Waals surface area (Å²) in [6, 6.07) is 0. The van der Waals surface area contributed by atoms with E-state index in [1.165, 1.54) is 0 Å². The van der Waals surface area contributed by atoms with Gasteiger partial charge in [0.15, 0.2) is 31.5 Å². The molecule has 6 heterocycles. The lowest BCUT2D eigenvalue weighted by atomic mass is 9.88. The number of ether oxygens (including phenoxy) is 11. The van der Waals surface area contributed by atoms with Gasteiger partial charge in [-0.25, -0.2) is 0 Å². The maximum Gasteiger partial charge on any atom is 0.187 e. The Morgan fingerprint density at radius 3 is 0.926 bits per heavy atom. The van der Waals surface area contributed by atoms with E-state index in [0.29, 0.717) is 0 Å². The minimum Gasteiger partial charge on any atom is -0.394 e. The van der Waals surface area contributed by atoms with E-state index in [9.17, 15) is 97.0 Å². The molecule has 0 radical (unpaired) electrons. The van der Waals surface area contributed by atoms with Crippen LogP contribution in [0.2, 0.25) is 0 Å². The molecule has 398 valence electrons. The molecule has 0 spiro atoms. The van der Waals surface area contributed by atoms with E-state index in [0.717, 1.165) is 0 Å². The molecule has 6 aliphatic heterocycles. The van der Waals surface area contributed by atoms with Crippen LogP contribution in [0.15, 0.2) is 0 Å². The Morgan fingerprint density at radius 2 is 0.588 bits per heavy atom. The minimum atomic E-state index is -2.15. The molecule has 0 bridgehead atoms. The lowest BCUT2D eigenvalue weighted by molar-refractivity contribution is -0.393. The summed E-state index contributed by atoms with van der Waals surface area (Å²) in [4.78, 5) is 0. The minimum absolute atomic E-state index is 0.493. The van der Waals surface area contributed by atoms with Gasteiger partial charge in [-0.05, 0) is 0 Å². The highest BCUT2D eigenvalue weighted by molar-refractivity contribution is 4.99. The van der Waals surface area contributed by atoms with E-state index in [4.69, 9.17) is 52.1 Å². The molecule has 0 aromatic carbocycles. The van der Waals surface area contributed by atoms with Crippen molar-refractivity contribution in [3.05, 3.63) is 0 Å². The average Bonchev–Trinajstić information content (AvgIpc) is 3.33. The van der Waals surface area contributed by atoms with Crippen LogP contribution in [0.3, 0.4) is 0 Å². The number of rotatable bonds is 17. The number of hydrogen-bond donors (Lipinski definition) is 19. The SMILES string of the molecule is CC1C(CO)OC(COC2C(CO)OC(OC3C(CO)OC(OC4C(CO)OC(OC5C(CO)OC(OC6C(CO)OC(O)C(O)C6O)C(O)C5O)C(O)C4O)C(O)C3O)C(O)C2O)C(O)C1O. The van der Waals surface area contributed by atoms with Gasteiger partial charge in [-0.2, -0.15) is 0 Å². The van der Waals surface area contributed by atoms with Crippen molar-refractivity contribution < 1.29 is 149 Å². The summed E-state index contributed by atoms with van der Waals surface area (Å²) in [6.07, 6.45) is -51.4. The highest BCUT2D eigenvalue weighted by Crippen LogP contribution is 2.36. The van der Waals surface area contributed by atoms with Crippen molar-refractivity contribution in [2.24, 2.45) is 5.92 Å². The molecule has 6 rings (SSSR count). The highest BCUT2D eigenvalue weighted by Gasteiger charge is 2.57. The first-order valence-electron chi connectivity index (χ1n) is 21.9. The quantitative estimate of drug-likeness (QED) is 0.0643. The lowest BCUT2D eigenvalue weighted by Crippen LogP contribution is -2.68. The molecule has 19 N–H and O–H groups in total. The van der Waals surface area contributed by atoms with Gasteiger partial charge >= 0.3 is 0 Å². The smallest absolute Gasteiger partial charge is 0.187 e. The van der Waals surface area contributed by atoms with Crippen LogP contribution in [0.25, 0.3) is 0 Å². The van der Waals surface area contributed by atoms with E-state index in [1.54, 1.807) is 6.92 Å². The molecule has 6 saturated heterocycles. The zero-order chi connectivity index (χ0) is 50.0. The Bertz CT molecular complexity index is 1510. The summed E-state index contributed by atoms with van der Waals surface area (Å²) in [5.74, 6) is -0.646. The fraction of sp³-hybridized carbons (Fsp3) is 1.00. The van der Waals surface area contributed by atoms with Crippen LogP contribution in [0.4, 0.5) is 0 Å². The molecule has 0 saturated carbocycles. The normalized spacial score (nSPS) is 52.8. The van der Waals surface area contributed by atoms with Crippen molar-refractivity contribution in [1.29, 1.82) is 0 Å². The van der Waals surface area contributed by atoms with Crippen molar-refractivity contribution in [2.45, 2.75) is 185 Å². The standard InChI is InChI=1S/C38H66O30/c1-9-10(2-39)59-16(18(46)17(9)45)8-58-29-11(3-40)61-35(25(53)20(29)48)66-31-13(5-42)63-37(27(55)22(31)50)68-33-15(7-44)64-38(28(56)23(33)51)67-32-14(6-43)62-36(26(54)21(32)49)65-30-12(4-41)60-34(57)24(52)19(30)47/h9-57H,2-8H2,1H3. The van der Waals surface area contributed by atoms with Crippen LogP contribution >= 0.6 is 0 Å². The Kier molecular flexibility index (Phi) is 20.0. The van der Waals surface area contributed by atoms with Crippen LogP contribution in [-0.4, -0.2) is 321 Å². The third-order valence-corrected chi connectivity index (χ3v) is 13.1. The zero-order valence-corrected chi connectivity index (χ0v) is 36.3. The van der Waals surface area contributed by atoms with Crippen LogP contribution in [0.5, 0.6) is 0 Å². The average molecular weight is 1000 g/mol. The molecule has 0 aromatic rings. The van der Waals surface area contributed by atoms with Crippen LogP contribution in [0, 0.1) is 5.92 Å². The van der Waals surface area contributed by atoms with Crippen LogP contribution < -0.4 is 0 Å². The van der Waals surface area contributed by atoms with Gasteiger partial charge < -0.3 is 149 Å². The number of aliphatic hydroxyl groups is 19. The van der Waals surface area contributed by atoms with Gasteiger partial charge in [0, 0.05) is 5.92 Å². The van der Waals surface area contributed by atoms with Gasteiger partial charge in [-0.3, -0.25) is 0 Å². The van der Waals surface area contributed by atoms with Crippen molar-refractivity contribution in [3.8, 4) is 0 Å². The topological polar surface area (TPSA) is 486 Å². The first-order valence-corrected chi connectivity index (χ1v) is 21.9. The van der Waals surface area contributed by atoms with E-state index in [1.807, 2.05) is 0 Å². The van der Waals surface area contributed by atoms with E-state index in [-0.39, 0.29) is 0 Å². The maximum atomic E-state index is 11.2. The molecule has 30 nitrogen and oxygen atoms in total. The predicted molar refractivity (Wildman–Crippen MR) is 207 cm³/mol. The van der Waals surface area contributed by atoms with Gasteiger partial charge in [0.2, 0.25) is 0 Å². The van der Waals surface area contributed by atoms with E-state index >= 15 is 0 Å². The second-order valence-electron chi connectivity index (χ2n) is 17.5. The largest absolute Gasteiger partial charge is 0.394 e. The monoisotopic (exact) mass is 1000 g/mol. The zero-order valence-electron chi connectivity index (χ0n) is 36.3. The molecular weight excluding hydrogens is 936 g/mol. The van der Waals surface area contributed by atoms with Crippen LogP contribution in [-0.2, 0) is 52.1 Å². The van der Waals surface area contributed by atoms with Crippen LogP contribution in [0.1, 0.15) is 6.92 Å². The van der Waals surface area contributed by atoms with Crippen molar-refractivity contribution >= 4 is 0 Å². The number of aliphatic hydroxyl groups excluding tert-OH is 19. The molecule has 30 atom stereocenters. The third-order valence-electron chi connectivity index (χ3n) is 13.1. The molecular formula is C38H66O30. The summed E-state index contributed by atoms with van der Waals surface area (Å²) in [5.41, 5.74) is 0. The Morgan fingerprint density at radius 1 is 0.294 bits per heavy atom. The lowest BCUT2D eigenvalue weighted by Gasteiger charge is -2.49. The van der Waals surface area contributed by atoms with Gasteiger partial charge in [0.05, 0.1) is 58.5 Å². The summed E-state index contributed by atoms with van der Waals surface area (Å²) < 4.78 is 61.2. The fourth-order valence-electron chi connectivity index (χ4n) is 8.96. The number of hydrogen-bond acceptors (Lipinski definition) is 30. The van der Waals surface area contributed by atoms with Gasteiger partial charge in [-0.1, -0.05) is 6.92 Å². The molecule has 0 aromatic heterocycles. The molecule has 68 heavy (non-hydrogen) atoms. The second-order valence-corrected chi connectivity index (χ2v) is 17.5. The first-order chi connectivity index (χ1) is 32.3. The summed E-state index contributed by atoms with van der Waals surface area (Å²) in [7, 11) is 0. The Labute approximate surface area is 386 Å². The first kappa shape index (κ1) is 56.1. The van der Waals surface area contributed by atoms with Crippen molar-refractivity contribution in [3.63, 3.8) is 0 Å². The maximum absolute atomic E-state index is 11.2. The molecule has 30 heteroatoms. The van der Waals surface area contributed by atoms with Crippen molar-refractivity contribution in [1.82, 2.24) is 0 Å². The highest BCUT2D eigenvalue weighted by atomic mass is 16.8. The van der Waals surface area contributed by atoms with Gasteiger partial charge in [0.25, 0.3) is 0 Å².